The lowest BCUT2D eigenvalue weighted by Gasteiger charge is -2.41. The molecule has 1 amide bonds. The number of aromatic nitrogens is 2. The van der Waals surface area contributed by atoms with Crippen molar-refractivity contribution in [3.63, 3.8) is 0 Å². The first kappa shape index (κ1) is 15.8. The van der Waals surface area contributed by atoms with Crippen molar-refractivity contribution in [1.82, 2.24) is 14.9 Å². The number of hydrogen-bond donors (Lipinski definition) is 0. The van der Waals surface area contributed by atoms with Gasteiger partial charge in [-0.15, -0.1) is 11.3 Å². The van der Waals surface area contributed by atoms with Crippen LogP contribution in [0.4, 0.5) is 5.82 Å². The average molecular weight is 344 g/mol. The molecule has 6 heteroatoms. The van der Waals surface area contributed by atoms with E-state index in [1.807, 2.05) is 6.92 Å². The van der Waals surface area contributed by atoms with E-state index in [9.17, 15) is 4.79 Å². The van der Waals surface area contributed by atoms with Crippen LogP contribution < -0.4 is 4.90 Å². The van der Waals surface area contributed by atoms with E-state index < -0.39 is 0 Å². The van der Waals surface area contributed by atoms with Crippen LogP contribution in [0.1, 0.15) is 38.9 Å². The Balaban J connectivity index is 1.66. The summed E-state index contributed by atoms with van der Waals surface area (Å²) < 4.78 is 1.14. The maximum absolute atomic E-state index is 13.1. The van der Waals surface area contributed by atoms with Gasteiger partial charge in [-0.05, 0) is 51.5 Å². The number of nitrogens with zero attached hydrogens (tertiary/aromatic N) is 4. The molecule has 2 aliphatic rings. The minimum absolute atomic E-state index is 0.217. The molecule has 0 bridgehead atoms. The molecule has 2 fully saturated rings. The highest BCUT2D eigenvalue weighted by Gasteiger charge is 2.49. The highest BCUT2D eigenvalue weighted by Crippen LogP contribution is 2.43. The summed E-state index contributed by atoms with van der Waals surface area (Å²) in [5, 5.41) is 2.07. The van der Waals surface area contributed by atoms with Crippen molar-refractivity contribution in [2.24, 2.45) is 5.41 Å². The Bertz CT molecular complexity index is 786. The van der Waals surface area contributed by atoms with E-state index in [-0.39, 0.29) is 11.5 Å². The zero-order valence-corrected chi connectivity index (χ0v) is 15.4. The number of piperidine rings is 1. The normalized spacial score (nSPS) is 24.8. The first-order valence-corrected chi connectivity index (χ1v) is 9.66. The molecule has 2 aromatic rings. The van der Waals surface area contributed by atoms with Gasteiger partial charge in [-0.1, -0.05) is 0 Å². The van der Waals surface area contributed by atoms with Gasteiger partial charge in [0.2, 0.25) is 5.91 Å². The summed E-state index contributed by atoms with van der Waals surface area (Å²) in [6, 6.07) is 2.34. The molecule has 0 N–H and O–H groups in total. The fourth-order valence-corrected chi connectivity index (χ4v) is 5.05. The van der Waals surface area contributed by atoms with Crippen molar-refractivity contribution in [2.45, 2.75) is 46.1 Å². The number of carbonyl (C=O) groups excluding carboxylic acids is 1. The Morgan fingerprint density at radius 2 is 2.08 bits per heavy atom. The van der Waals surface area contributed by atoms with Crippen LogP contribution in [0.15, 0.2) is 11.4 Å². The average Bonchev–Trinajstić information content (AvgIpc) is 3.16. The number of aryl methyl sites for hydroxylation is 1. The van der Waals surface area contributed by atoms with Crippen LogP contribution in [0.2, 0.25) is 0 Å². The Kier molecular flexibility index (Phi) is 3.75. The lowest BCUT2D eigenvalue weighted by Crippen LogP contribution is -2.52. The van der Waals surface area contributed by atoms with E-state index >= 15 is 0 Å². The molecule has 24 heavy (non-hydrogen) atoms. The van der Waals surface area contributed by atoms with Crippen LogP contribution >= 0.6 is 11.3 Å². The topological polar surface area (TPSA) is 49.3 Å². The van der Waals surface area contributed by atoms with Crippen molar-refractivity contribution in [2.75, 3.05) is 24.5 Å². The first-order chi connectivity index (χ1) is 11.5. The second-order valence-electron chi connectivity index (χ2n) is 7.38. The van der Waals surface area contributed by atoms with Gasteiger partial charge < -0.3 is 9.80 Å². The largest absolute Gasteiger partial charge is 0.354 e. The minimum Gasteiger partial charge on any atom is -0.354 e. The molecule has 4 rings (SSSR count). The van der Waals surface area contributed by atoms with Gasteiger partial charge in [0.15, 0.2) is 0 Å². The Morgan fingerprint density at radius 3 is 2.88 bits per heavy atom. The molecule has 1 spiro atoms. The van der Waals surface area contributed by atoms with Crippen molar-refractivity contribution in [3.05, 3.63) is 17.3 Å². The lowest BCUT2D eigenvalue weighted by atomic mass is 9.78. The molecule has 2 saturated heterocycles. The number of likely N-dealkylation sites (tertiary alicyclic amines) is 1. The molecule has 0 unspecified atom stereocenters. The number of thiophene rings is 1. The Hall–Kier alpha value is -1.69. The van der Waals surface area contributed by atoms with E-state index in [0.717, 1.165) is 60.8 Å². The van der Waals surface area contributed by atoms with E-state index in [4.69, 9.17) is 4.98 Å². The standard InChI is InChI=1S/C18H24N4OS/c1-12(2)22-8-4-6-18(17(22)23)7-9-21(11-18)16-15-14(5-10-24-15)19-13(3)20-16/h5,10,12H,4,6-9,11H2,1-3H3/t18-/m1/s1. The van der Waals surface area contributed by atoms with Crippen molar-refractivity contribution in [3.8, 4) is 0 Å². The van der Waals surface area contributed by atoms with Crippen LogP contribution in [0, 0.1) is 12.3 Å². The smallest absolute Gasteiger partial charge is 0.230 e. The molecule has 128 valence electrons. The summed E-state index contributed by atoms with van der Waals surface area (Å²) in [5.41, 5.74) is 0.799. The molecule has 2 aliphatic heterocycles. The maximum Gasteiger partial charge on any atom is 0.230 e. The SMILES string of the molecule is Cc1nc(N2CC[C@]3(CCCN(C(C)C)C3=O)C2)c2sccc2n1. The zero-order valence-electron chi connectivity index (χ0n) is 14.6. The fourth-order valence-electron chi connectivity index (χ4n) is 4.20. The summed E-state index contributed by atoms with van der Waals surface area (Å²) >= 11 is 1.69. The molecule has 0 aliphatic carbocycles. The van der Waals surface area contributed by atoms with Crippen LogP contribution in [-0.4, -0.2) is 46.5 Å². The quantitative estimate of drug-likeness (QED) is 0.839. The molecule has 0 saturated carbocycles. The van der Waals surface area contributed by atoms with Crippen LogP contribution in [-0.2, 0) is 4.79 Å². The number of anilines is 1. The van der Waals surface area contributed by atoms with Crippen LogP contribution in [0.25, 0.3) is 10.2 Å². The first-order valence-electron chi connectivity index (χ1n) is 8.78. The summed E-state index contributed by atoms with van der Waals surface area (Å²) in [7, 11) is 0. The number of carbonyl (C=O) groups is 1. The third-order valence-electron chi connectivity index (χ3n) is 5.44. The number of fused-ring (bicyclic) bond motifs is 1. The molecule has 0 aromatic carbocycles. The van der Waals surface area contributed by atoms with Gasteiger partial charge >= 0.3 is 0 Å². The van der Waals surface area contributed by atoms with Gasteiger partial charge in [0.05, 0.1) is 15.6 Å². The third kappa shape index (κ3) is 2.39. The molecular weight excluding hydrogens is 320 g/mol. The molecule has 2 aromatic heterocycles. The van der Waals surface area contributed by atoms with Gasteiger partial charge in [0.25, 0.3) is 0 Å². The van der Waals surface area contributed by atoms with Crippen molar-refractivity contribution < 1.29 is 4.79 Å². The number of hydrogen-bond acceptors (Lipinski definition) is 5. The second-order valence-corrected chi connectivity index (χ2v) is 8.29. The lowest BCUT2D eigenvalue weighted by molar-refractivity contribution is -0.147. The van der Waals surface area contributed by atoms with E-state index in [2.05, 4.69) is 40.1 Å². The van der Waals surface area contributed by atoms with Gasteiger partial charge in [-0.25, -0.2) is 9.97 Å². The fraction of sp³-hybridized carbons (Fsp3) is 0.611. The number of amides is 1. The van der Waals surface area contributed by atoms with Gasteiger partial charge in [0, 0.05) is 25.7 Å². The van der Waals surface area contributed by atoms with Gasteiger partial charge in [0.1, 0.15) is 11.6 Å². The Morgan fingerprint density at radius 1 is 1.25 bits per heavy atom. The highest BCUT2D eigenvalue weighted by atomic mass is 32.1. The molecule has 5 nitrogen and oxygen atoms in total. The van der Waals surface area contributed by atoms with Crippen molar-refractivity contribution >= 4 is 33.3 Å². The monoisotopic (exact) mass is 344 g/mol. The van der Waals surface area contributed by atoms with Crippen LogP contribution in [0.3, 0.4) is 0 Å². The molecule has 4 heterocycles. The van der Waals surface area contributed by atoms with E-state index in [1.54, 1.807) is 11.3 Å². The summed E-state index contributed by atoms with van der Waals surface area (Å²) in [6.07, 6.45) is 3.04. The summed E-state index contributed by atoms with van der Waals surface area (Å²) in [6.45, 7) is 8.78. The molecular formula is C18H24N4OS. The van der Waals surface area contributed by atoms with Crippen LogP contribution in [0.5, 0.6) is 0 Å². The second kappa shape index (κ2) is 5.69. The predicted molar refractivity (Wildman–Crippen MR) is 97.5 cm³/mol. The maximum atomic E-state index is 13.1. The zero-order chi connectivity index (χ0) is 16.9. The van der Waals surface area contributed by atoms with Gasteiger partial charge in [-0.2, -0.15) is 0 Å². The number of rotatable bonds is 2. The minimum atomic E-state index is -0.217. The molecule has 0 radical (unpaired) electrons. The Labute approximate surface area is 146 Å². The molecule has 1 atom stereocenters. The summed E-state index contributed by atoms with van der Waals surface area (Å²) in [4.78, 5) is 26.7. The van der Waals surface area contributed by atoms with E-state index in [0.29, 0.717) is 5.91 Å². The predicted octanol–water partition coefficient (Wildman–Crippen LogP) is 3.23. The third-order valence-corrected chi connectivity index (χ3v) is 6.34. The van der Waals surface area contributed by atoms with E-state index in [1.165, 1.54) is 0 Å². The highest BCUT2D eigenvalue weighted by molar-refractivity contribution is 7.17. The van der Waals surface area contributed by atoms with Crippen molar-refractivity contribution in [1.29, 1.82) is 0 Å². The summed E-state index contributed by atoms with van der Waals surface area (Å²) in [5.74, 6) is 2.16. The van der Waals surface area contributed by atoms with Gasteiger partial charge in [-0.3, -0.25) is 4.79 Å².